The molecule has 3 heteroatoms. The smallest absolute Gasteiger partial charge is 0.224 e. The van der Waals surface area contributed by atoms with Gasteiger partial charge in [-0.1, -0.05) is 32.9 Å². The van der Waals surface area contributed by atoms with Crippen molar-refractivity contribution in [2.75, 3.05) is 0 Å². The molecule has 0 saturated heterocycles. The molecule has 1 rings (SSSR count). The van der Waals surface area contributed by atoms with Gasteiger partial charge in [0.2, 0.25) is 5.91 Å². The van der Waals surface area contributed by atoms with Gasteiger partial charge in [-0.05, 0) is 30.0 Å². The summed E-state index contributed by atoms with van der Waals surface area (Å²) in [5, 5.41) is 3.07. The van der Waals surface area contributed by atoms with E-state index in [9.17, 15) is 4.79 Å². The Morgan fingerprint density at radius 3 is 2.35 bits per heavy atom. The van der Waals surface area contributed by atoms with Crippen molar-refractivity contribution in [3.63, 3.8) is 0 Å². The van der Waals surface area contributed by atoms with E-state index in [0.29, 0.717) is 12.3 Å². The molecule has 94 valence electrons. The monoisotopic (exact) mass is 251 g/mol. The van der Waals surface area contributed by atoms with Crippen LogP contribution in [0.25, 0.3) is 0 Å². The zero-order valence-electron chi connectivity index (χ0n) is 10.7. The van der Waals surface area contributed by atoms with Gasteiger partial charge in [-0.25, -0.2) is 0 Å². The summed E-state index contributed by atoms with van der Waals surface area (Å²) in [6, 6.07) is 7.97. The van der Waals surface area contributed by atoms with E-state index in [0.717, 1.165) is 16.9 Å². The summed E-state index contributed by atoms with van der Waals surface area (Å²) in [5.74, 6) is 0.571. The van der Waals surface area contributed by atoms with Crippen LogP contribution in [-0.2, 0) is 11.2 Å². The Hall–Kier alpha value is -0.960. The van der Waals surface area contributed by atoms with Crippen LogP contribution in [0.15, 0.2) is 29.2 Å². The van der Waals surface area contributed by atoms with Gasteiger partial charge < -0.3 is 5.32 Å². The lowest BCUT2D eigenvalue weighted by atomic mass is 10.0. The van der Waals surface area contributed by atoms with Gasteiger partial charge in [0.1, 0.15) is 0 Å². The van der Waals surface area contributed by atoms with Gasteiger partial charge in [-0.2, -0.15) is 0 Å². The molecular formula is C14H21NOS. The molecule has 1 N–H and O–H groups in total. The fraction of sp³-hybridized carbons (Fsp3) is 0.500. The molecule has 0 fully saturated rings. The number of amides is 1. The van der Waals surface area contributed by atoms with E-state index in [1.54, 1.807) is 0 Å². The van der Waals surface area contributed by atoms with Crippen LogP contribution >= 0.6 is 12.6 Å². The van der Waals surface area contributed by atoms with Crippen molar-refractivity contribution < 1.29 is 4.79 Å². The molecule has 1 unspecified atom stereocenters. The molecule has 0 aliphatic heterocycles. The average Bonchev–Trinajstić information content (AvgIpc) is 2.28. The molecule has 0 saturated carbocycles. The molecule has 1 amide bonds. The molecule has 0 spiro atoms. The van der Waals surface area contributed by atoms with Gasteiger partial charge in [-0.15, -0.1) is 12.6 Å². The predicted octanol–water partition coefficient (Wildman–Crippen LogP) is 3.07. The van der Waals surface area contributed by atoms with E-state index in [4.69, 9.17) is 0 Å². The second-order valence-electron chi connectivity index (χ2n) is 4.67. The summed E-state index contributed by atoms with van der Waals surface area (Å²) < 4.78 is 0. The zero-order chi connectivity index (χ0) is 12.8. The SMILES string of the molecule is CCC(NC(=O)Cc1ccc(S)cc1)C(C)C. The molecule has 1 atom stereocenters. The number of thiol groups is 1. The van der Waals surface area contributed by atoms with E-state index in [-0.39, 0.29) is 11.9 Å². The maximum Gasteiger partial charge on any atom is 0.224 e. The van der Waals surface area contributed by atoms with Gasteiger partial charge in [0.15, 0.2) is 0 Å². The normalized spacial score (nSPS) is 12.5. The number of hydrogen-bond acceptors (Lipinski definition) is 2. The van der Waals surface area contributed by atoms with Crippen LogP contribution in [0.2, 0.25) is 0 Å². The van der Waals surface area contributed by atoms with Gasteiger partial charge in [0, 0.05) is 10.9 Å². The van der Waals surface area contributed by atoms with Gasteiger partial charge in [0.25, 0.3) is 0 Å². The van der Waals surface area contributed by atoms with Crippen LogP contribution < -0.4 is 5.32 Å². The van der Waals surface area contributed by atoms with Crippen molar-refractivity contribution in [2.45, 2.75) is 44.6 Å². The van der Waals surface area contributed by atoms with Crippen LogP contribution in [0.4, 0.5) is 0 Å². The van der Waals surface area contributed by atoms with Crippen LogP contribution in [-0.4, -0.2) is 11.9 Å². The first-order valence-electron chi connectivity index (χ1n) is 6.10. The number of nitrogens with one attached hydrogen (secondary N) is 1. The zero-order valence-corrected chi connectivity index (χ0v) is 11.6. The van der Waals surface area contributed by atoms with Crippen LogP contribution in [0.3, 0.4) is 0 Å². The lowest BCUT2D eigenvalue weighted by molar-refractivity contribution is -0.121. The molecule has 0 radical (unpaired) electrons. The van der Waals surface area contributed by atoms with Crippen molar-refractivity contribution in [1.29, 1.82) is 0 Å². The Morgan fingerprint density at radius 2 is 1.88 bits per heavy atom. The van der Waals surface area contributed by atoms with Crippen LogP contribution in [0.5, 0.6) is 0 Å². The molecule has 1 aromatic rings. The molecule has 0 aliphatic rings. The Labute approximate surface area is 109 Å². The molecule has 0 aromatic heterocycles. The minimum atomic E-state index is 0.0949. The predicted molar refractivity (Wildman–Crippen MR) is 74.5 cm³/mol. The van der Waals surface area contributed by atoms with E-state index in [1.165, 1.54) is 0 Å². The van der Waals surface area contributed by atoms with Crippen LogP contribution in [0, 0.1) is 5.92 Å². The summed E-state index contributed by atoms with van der Waals surface area (Å²) in [6.45, 7) is 6.36. The quantitative estimate of drug-likeness (QED) is 0.774. The van der Waals surface area contributed by atoms with Crippen molar-refractivity contribution in [3.8, 4) is 0 Å². The van der Waals surface area contributed by atoms with Gasteiger partial charge in [0.05, 0.1) is 6.42 Å². The van der Waals surface area contributed by atoms with Gasteiger partial charge in [-0.3, -0.25) is 4.79 Å². The first kappa shape index (κ1) is 14.1. The lowest BCUT2D eigenvalue weighted by Crippen LogP contribution is -2.38. The Kier molecular flexibility index (Phi) is 5.56. The summed E-state index contributed by atoms with van der Waals surface area (Å²) in [4.78, 5) is 12.8. The summed E-state index contributed by atoms with van der Waals surface area (Å²) in [7, 11) is 0. The fourth-order valence-electron chi connectivity index (χ4n) is 1.80. The second-order valence-corrected chi connectivity index (χ2v) is 5.19. The standard InChI is InChI=1S/C14H21NOS/c1-4-13(10(2)3)15-14(16)9-11-5-7-12(17)8-6-11/h5-8,10,13,17H,4,9H2,1-3H3,(H,15,16). The molecule has 1 aromatic carbocycles. The molecule has 17 heavy (non-hydrogen) atoms. The minimum Gasteiger partial charge on any atom is -0.353 e. The fourth-order valence-corrected chi connectivity index (χ4v) is 1.95. The molecular weight excluding hydrogens is 230 g/mol. The Morgan fingerprint density at radius 1 is 1.29 bits per heavy atom. The number of benzene rings is 1. The molecule has 0 aliphatic carbocycles. The highest BCUT2D eigenvalue weighted by atomic mass is 32.1. The highest BCUT2D eigenvalue weighted by molar-refractivity contribution is 7.80. The third-order valence-corrected chi connectivity index (χ3v) is 3.19. The van der Waals surface area contributed by atoms with Crippen molar-refractivity contribution in [2.24, 2.45) is 5.92 Å². The average molecular weight is 251 g/mol. The second kappa shape index (κ2) is 6.70. The topological polar surface area (TPSA) is 29.1 Å². The van der Waals surface area contributed by atoms with Gasteiger partial charge >= 0.3 is 0 Å². The largest absolute Gasteiger partial charge is 0.353 e. The van der Waals surface area contributed by atoms with E-state index in [2.05, 4.69) is 38.7 Å². The highest BCUT2D eigenvalue weighted by Crippen LogP contribution is 2.09. The maximum atomic E-state index is 11.8. The van der Waals surface area contributed by atoms with E-state index in [1.807, 2.05) is 24.3 Å². The Bertz CT molecular complexity index is 359. The first-order chi connectivity index (χ1) is 8.02. The van der Waals surface area contributed by atoms with Crippen molar-refractivity contribution in [3.05, 3.63) is 29.8 Å². The number of carbonyl (C=O) groups excluding carboxylic acids is 1. The van der Waals surface area contributed by atoms with Crippen molar-refractivity contribution >= 4 is 18.5 Å². The molecule has 0 bridgehead atoms. The van der Waals surface area contributed by atoms with Crippen LogP contribution in [0.1, 0.15) is 32.8 Å². The number of carbonyl (C=O) groups is 1. The number of rotatable bonds is 5. The highest BCUT2D eigenvalue weighted by Gasteiger charge is 2.13. The summed E-state index contributed by atoms with van der Waals surface area (Å²) in [6.07, 6.45) is 1.41. The lowest BCUT2D eigenvalue weighted by Gasteiger charge is -2.20. The summed E-state index contributed by atoms with van der Waals surface area (Å²) in [5.41, 5.74) is 1.03. The Balaban J connectivity index is 2.52. The third-order valence-electron chi connectivity index (χ3n) is 2.89. The third kappa shape index (κ3) is 4.82. The van der Waals surface area contributed by atoms with E-state index < -0.39 is 0 Å². The van der Waals surface area contributed by atoms with Crippen molar-refractivity contribution in [1.82, 2.24) is 5.32 Å². The maximum absolute atomic E-state index is 11.8. The molecule has 0 heterocycles. The summed E-state index contributed by atoms with van der Waals surface area (Å²) >= 11 is 4.22. The number of hydrogen-bond donors (Lipinski definition) is 2. The molecule has 2 nitrogen and oxygen atoms in total. The first-order valence-corrected chi connectivity index (χ1v) is 6.55. The minimum absolute atomic E-state index is 0.0949. The van der Waals surface area contributed by atoms with E-state index >= 15 is 0 Å².